The number of hydrogen-bond donors (Lipinski definition) is 1. The molecule has 20 heavy (non-hydrogen) atoms. The van der Waals surface area contributed by atoms with E-state index >= 15 is 0 Å². The lowest BCUT2D eigenvalue weighted by Crippen LogP contribution is -2.18. The van der Waals surface area contributed by atoms with E-state index in [1.54, 1.807) is 6.92 Å². The lowest BCUT2D eigenvalue weighted by Gasteiger charge is -2.27. The fourth-order valence-electron chi connectivity index (χ4n) is 1.98. The molecule has 1 N–H and O–H groups in total. The Morgan fingerprint density at radius 3 is 1.45 bits per heavy atom. The summed E-state index contributed by atoms with van der Waals surface area (Å²) >= 11 is 0. The summed E-state index contributed by atoms with van der Waals surface area (Å²) in [5.41, 5.74) is 1.97. The Hall–Kier alpha value is -0.488. The van der Waals surface area contributed by atoms with Crippen molar-refractivity contribution in [2.45, 2.75) is 59.3 Å². The molecule has 1 aromatic carbocycles. The van der Waals surface area contributed by atoms with Crippen molar-refractivity contribution in [3.63, 3.8) is 0 Å². The minimum absolute atomic E-state index is 0. The third-order valence-corrected chi connectivity index (χ3v) is 3.13. The summed E-state index contributed by atoms with van der Waals surface area (Å²) in [4.78, 5) is 11.6. The van der Waals surface area contributed by atoms with Crippen LogP contribution >= 0.6 is 12.4 Å². The number of carbonyl (C=O) groups is 1. The van der Waals surface area contributed by atoms with Crippen LogP contribution in [0.2, 0.25) is 0 Å². The molecule has 0 unspecified atom stereocenters. The van der Waals surface area contributed by atoms with Crippen molar-refractivity contribution in [3.8, 4) is 5.75 Å². The van der Waals surface area contributed by atoms with Crippen LogP contribution < -0.4 is 0 Å². The molecule has 0 atom stereocenters. The summed E-state index contributed by atoms with van der Waals surface area (Å²) in [6.45, 7) is 13.8. The second-order valence-corrected chi connectivity index (χ2v) is 6.98. The predicted molar refractivity (Wildman–Crippen MR) is 92.7 cm³/mol. The first-order valence-electron chi connectivity index (χ1n) is 6.33. The largest absolute Gasteiger partial charge is 0.507 e. The van der Waals surface area contributed by atoms with Gasteiger partial charge in [-0.3, -0.25) is 4.79 Å². The SMILES string of the molecule is CC(=O)c1cc(C(C)(C)C)c(O)c(C(C)(C)C)c1.Cl.[AlH3]. The maximum Gasteiger partial charge on any atom is 0.187 e. The van der Waals surface area contributed by atoms with Crippen molar-refractivity contribution in [1.82, 2.24) is 0 Å². The first kappa shape index (κ1) is 21.8. The van der Waals surface area contributed by atoms with Crippen LogP contribution in [0, 0.1) is 0 Å². The van der Waals surface area contributed by atoms with E-state index in [2.05, 4.69) is 0 Å². The second kappa shape index (κ2) is 6.98. The van der Waals surface area contributed by atoms with Crippen LogP contribution in [0.5, 0.6) is 5.75 Å². The monoisotopic (exact) mass is 314 g/mol. The molecule has 0 aromatic heterocycles. The van der Waals surface area contributed by atoms with Crippen LogP contribution in [0.1, 0.15) is 70.0 Å². The topological polar surface area (TPSA) is 37.3 Å². The molecule has 0 radical (unpaired) electrons. The first-order chi connectivity index (χ1) is 7.94. The molecule has 0 heterocycles. The Bertz CT molecular complexity index is 447. The molecular formula is C16H28AlClO2. The number of phenolic OH excluding ortho intramolecular Hbond substituents is 1. The molecular weight excluding hydrogens is 287 g/mol. The number of halogens is 1. The molecule has 0 amide bonds. The number of phenols is 1. The zero-order valence-corrected chi connectivity index (χ0v) is 13.7. The third kappa shape index (κ3) is 4.81. The van der Waals surface area contributed by atoms with Crippen LogP contribution in [-0.2, 0) is 10.8 Å². The maximum absolute atomic E-state index is 11.6. The molecule has 4 heteroatoms. The van der Waals surface area contributed by atoms with E-state index in [9.17, 15) is 9.90 Å². The minimum atomic E-state index is -0.185. The molecule has 0 aliphatic rings. The van der Waals surface area contributed by atoms with Gasteiger partial charge in [0.25, 0.3) is 0 Å². The number of aromatic hydroxyl groups is 1. The Morgan fingerprint density at radius 2 is 1.25 bits per heavy atom. The highest BCUT2D eigenvalue weighted by atomic mass is 35.5. The highest BCUT2D eigenvalue weighted by Crippen LogP contribution is 2.39. The summed E-state index contributed by atoms with van der Waals surface area (Å²) in [5, 5.41) is 10.5. The normalized spacial score (nSPS) is 11.3. The predicted octanol–water partition coefficient (Wildman–Crippen LogP) is 3.43. The van der Waals surface area contributed by atoms with Crippen molar-refractivity contribution >= 4 is 35.6 Å². The van der Waals surface area contributed by atoms with Gasteiger partial charge < -0.3 is 5.11 Å². The van der Waals surface area contributed by atoms with Gasteiger partial charge >= 0.3 is 0 Å². The van der Waals surface area contributed by atoms with E-state index < -0.39 is 0 Å². The zero-order chi connectivity index (χ0) is 14.3. The molecule has 1 rings (SSSR count). The van der Waals surface area contributed by atoms with Crippen LogP contribution in [0.4, 0.5) is 0 Å². The van der Waals surface area contributed by atoms with Crippen LogP contribution in [0.25, 0.3) is 0 Å². The third-order valence-electron chi connectivity index (χ3n) is 3.13. The van der Waals surface area contributed by atoms with Gasteiger partial charge in [0.15, 0.2) is 23.1 Å². The fourth-order valence-corrected chi connectivity index (χ4v) is 1.98. The van der Waals surface area contributed by atoms with Crippen molar-refractivity contribution in [3.05, 3.63) is 28.8 Å². The van der Waals surface area contributed by atoms with Gasteiger partial charge in [0.05, 0.1) is 0 Å². The van der Waals surface area contributed by atoms with Crippen molar-refractivity contribution in [1.29, 1.82) is 0 Å². The van der Waals surface area contributed by atoms with Crippen LogP contribution in [-0.4, -0.2) is 28.3 Å². The van der Waals surface area contributed by atoms with E-state index in [0.717, 1.165) is 11.1 Å². The average molecular weight is 315 g/mol. The minimum Gasteiger partial charge on any atom is -0.507 e. The number of carbonyl (C=O) groups excluding carboxylic acids is 1. The van der Waals surface area contributed by atoms with Gasteiger partial charge in [-0.05, 0) is 29.9 Å². The summed E-state index contributed by atoms with van der Waals surface area (Å²) in [6, 6.07) is 3.62. The van der Waals surface area contributed by atoms with Gasteiger partial charge in [-0.1, -0.05) is 41.5 Å². The van der Waals surface area contributed by atoms with Gasteiger partial charge in [0.1, 0.15) is 5.75 Å². The molecule has 0 spiro atoms. The van der Waals surface area contributed by atoms with Crippen LogP contribution in [0.3, 0.4) is 0 Å². The maximum atomic E-state index is 11.6. The highest BCUT2D eigenvalue weighted by molar-refractivity contribution is 5.95. The summed E-state index contributed by atoms with van der Waals surface area (Å²) in [6.07, 6.45) is 0. The molecule has 0 bridgehead atoms. The zero-order valence-electron chi connectivity index (χ0n) is 12.9. The van der Waals surface area contributed by atoms with Gasteiger partial charge in [0.2, 0.25) is 0 Å². The summed E-state index contributed by atoms with van der Waals surface area (Å²) in [5.74, 6) is 0.353. The van der Waals surface area contributed by atoms with Crippen LogP contribution in [0.15, 0.2) is 12.1 Å². The summed E-state index contributed by atoms with van der Waals surface area (Å²) < 4.78 is 0. The molecule has 0 aliphatic carbocycles. The number of ketones is 1. The lowest BCUT2D eigenvalue weighted by atomic mass is 9.78. The van der Waals surface area contributed by atoms with E-state index in [-0.39, 0.29) is 46.4 Å². The highest BCUT2D eigenvalue weighted by Gasteiger charge is 2.27. The van der Waals surface area contributed by atoms with E-state index in [1.807, 2.05) is 53.7 Å². The Balaban J connectivity index is 0. The molecule has 1 aromatic rings. The Labute approximate surface area is 139 Å². The second-order valence-electron chi connectivity index (χ2n) is 6.98. The Kier molecular flexibility index (Phi) is 7.61. The molecule has 0 aliphatic heterocycles. The smallest absolute Gasteiger partial charge is 0.187 e. The lowest BCUT2D eigenvalue weighted by molar-refractivity contribution is 0.101. The number of benzene rings is 1. The molecule has 2 nitrogen and oxygen atoms in total. The van der Waals surface area contributed by atoms with Gasteiger partial charge in [-0.2, -0.15) is 0 Å². The van der Waals surface area contributed by atoms with Gasteiger partial charge in [-0.15, -0.1) is 12.4 Å². The van der Waals surface area contributed by atoms with E-state index in [4.69, 9.17) is 0 Å². The standard InChI is InChI=1S/C16H24O2.Al.ClH.3H/c1-10(17)11-8-12(15(2,3)4)14(18)13(9-11)16(5,6)7;;;;;/h8-9,18H,1-7H3;;1H;;;. The summed E-state index contributed by atoms with van der Waals surface area (Å²) in [7, 11) is 0. The van der Waals surface area contributed by atoms with E-state index in [0.29, 0.717) is 11.3 Å². The van der Waals surface area contributed by atoms with Crippen molar-refractivity contribution in [2.75, 3.05) is 0 Å². The quantitative estimate of drug-likeness (QED) is 0.637. The molecule has 114 valence electrons. The first-order valence-corrected chi connectivity index (χ1v) is 6.33. The number of rotatable bonds is 1. The number of hydrogen-bond acceptors (Lipinski definition) is 2. The molecule has 0 fully saturated rings. The molecule has 0 saturated heterocycles. The molecule has 0 saturated carbocycles. The fraction of sp³-hybridized carbons (Fsp3) is 0.562. The van der Waals surface area contributed by atoms with Crippen molar-refractivity contribution in [2.24, 2.45) is 0 Å². The average Bonchev–Trinajstić information content (AvgIpc) is 2.13. The van der Waals surface area contributed by atoms with E-state index in [1.165, 1.54) is 0 Å². The Morgan fingerprint density at radius 1 is 0.950 bits per heavy atom. The number of Topliss-reactive ketones (excluding diaryl/α,β-unsaturated/α-hetero) is 1. The van der Waals surface area contributed by atoms with Gasteiger partial charge in [-0.25, -0.2) is 0 Å². The van der Waals surface area contributed by atoms with Gasteiger partial charge in [0, 0.05) is 16.7 Å². The van der Waals surface area contributed by atoms with Crippen molar-refractivity contribution < 1.29 is 9.90 Å².